The number of aryl methyl sites for hydroxylation is 1. The van der Waals surface area contributed by atoms with Crippen LogP contribution in [0.15, 0.2) is 18.2 Å². The minimum Gasteiger partial charge on any atom is -0.478 e. The zero-order valence-corrected chi connectivity index (χ0v) is 12.6. The zero-order chi connectivity index (χ0) is 14.6. The van der Waals surface area contributed by atoms with E-state index in [2.05, 4.69) is 32.6 Å². The van der Waals surface area contributed by atoms with Gasteiger partial charge in [-0.05, 0) is 49.9 Å². The van der Waals surface area contributed by atoms with Gasteiger partial charge in [0.1, 0.15) is 0 Å². The Labute approximate surface area is 116 Å². The third-order valence-electron chi connectivity index (χ3n) is 3.29. The van der Waals surface area contributed by atoms with Crippen molar-refractivity contribution in [3.63, 3.8) is 0 Å². The lowest BCUT2D eigenvalue weighted by Gasteiger charge is -2.29. The van der Waals surface area contributed by atoms with Gasteiger partial charge >= 0.3 is 5.97 Å². The normalized spacial score (nSPS) is 11.6. The second-order valence-corrected chi connectivity index (χ2v) is 5.86. The average Bonchev–Trinajstić information content (AvgIpc) is 2.29. The van der Waals surface area contributed by atoms with Crippen LogP contribution in [0.25, 0.3) is 0 Å². The lowest BCUT2D eigenvalue weighted by Crippen LogP contribution is -2.33. The van der Waals surface area contributed by atoms with E-state index < -0.39 is 5.97 Å². The monoisotopic (exact) mass is 263 g/mol. The molecule has 1 aromatic rings. The van der Waals surface area contributed by atoms with Gasteiger partial charge in [0, 0.05) is 19.1 Å². The molecular formula is C16H25NO2. The highest BCUT2D eigenvalue weighted by Crippen LogP contribution is 2.16. The molecule has 0 heterocycles. The Bertz CT molecular complexity index is 438. The molecule has 0 fully saturated rings. The summed E-state index contributed by atoms with van der Waals surface area (Å²) in [5, 5.41) is 8.98. The van der Waals surface area contributed by atoms with E-state index in [1.54, 1.807) is 12.1 Å². The van der Waals surface area contributed by atoms with Gasteiger partial charge in [-0.3, -0.25) is 4.90 Å². The smallest absolute Gasteiger partial charge is 0.335 e. The average molecular weight is 263 g/mol. The van der Waals surface area contributed by atoms with Gasteiger partial charge in [0.2, 0.25) is 0 Å². The maximum atomic E-state index is 10.9. The van der Waals surface area contributed by atoms with E-state index in [0.29, 0.717) is 17.5 Å². The van der Waals surface area contributed by atoms with Gasteiger partial charge in [-0.2, -0.15) is 0 Å². The van der Waals surface area contributed by atoms with Crippen molar-refractivity contribution in [2.45, 2.75) is 47.2 Å². The first-order valence-corrected chi connectivity index (χ1v) is 6.88. The highest BCUT2D eigenvalue weighted by molar-refractivity contribution is 5.87. The minimum atomic E-state index is -0.863. The zero-order valence-electron chi connectivity index (χ0n) is 12.6. The second-order valence-electron chi connectivity index (χ2n) is 5.86. The number of benzene rings is 1. The van der Waals surface area contributed by atoms with E-state index in [9.17, 15) is 4.79 Å². The van der Waals surface area contributed by atoms with Crippen LogP contribution >= 0.6 is 0 Å². The fourth-order valence-corrected chi connectivity index (χ4v) is 2.15. The molecule has 0 amide bonds. The third-order valence-corrected chi connectivity index (χ3v) is 3.29. The fourth-order valence-electron chi connectivity index (χ4n) is 2.15. The van der Waals surface area contributed by atoms with Crippen LogP contribution in [-0.4, -0.2) is 28.6 Å². The molecule has 1 N–H and O–H groups in total. The van der Waals surface area contributed by atoms with Gasteiger partial charge in [-0.1, -0.05) is 19.9 Å². The van der Waals surface area contributed by atoms with E-state index in [0.717, 1.165) is 18.7 Å². The highest BCUT2D eigenvalue weighted by atomic mass is 16.4. The standard InChI is InChI=1S/C16H25NO2/c1-11(2)9-17(12(3)4)10-15-7-6-14(16(18)19)8-13(15)5/h6-8,11-12H,9-10H2,1-5H3,(H,18,19). The quantitative estimate of drug-likeness (QED) is 0.853. The van der Waals surface area contributed by atoms with Crippen molar-refractivity contribution in [3.05, 3.63) is 34.9 Å². The number of hydrogen-bond acceptors (Lipinski definition) is 2. The van der Waals surface area contributed by atoms with Crippen molar-refractivity contribution >= 4 is 5.97 Å². The maximum Gasteiger partial charge on any atom is 0.335 e. The first kappa shape index (κ1) is 15.7. The van der Waals surface area contributed by atoms with Crippen molar-refractivity contribution in [1.82, 2.24) is 4.90 Å². The summed E-state index contributed by atoms with van der Waals surface area (Å²) in [6.45, 7) is 12.7. The molecule has 0 aromatic heterocycles. The second kappa shape index (κ2) is 6.71. The van der Waals surface area contributed by atoms with Crippen LogP contribution in [0.1, 0.15) is 49.2 Å². The van der Waals surface area contributed by atoms with E-state index in [4.69, 9.17) is 5.11 Å². The van der Waals surface area contributed by atoms with E-state index in [1.165, 1.54) is 5.56 Å². The molecule has 19 heavy (non-hydrogen) atoms. The molecular weight excluding hydrogens is 238 g/mol. The topological polar surface area (TPSA) is 40.5 Å². The molecule has 0 aliphatic heterocycles. The summed E-state index contributed by atoms with van der Waals surface area (Å²) in [4.78, 5) is 13.4. The lowest BCUT2D eigenvalue weighted by atomic mass is 10.0. The summed E-state index contributed by atoms with van der Waals surface area (Å²) in [6.07, 6.45) is 0. The summed E-state index contributed by atoms with van der Waals surface area (Å²) < 4.78 is 0. The Hall–Kier alpha value is -1.35. The van der Waals surface area contributed by atoms with Crippen LogP contribution in [-0.2, 0) is 6.54 Å². The molecule has 0 atom stereocenters. The number of nitrogens with zero attached hydrogens (tertiary/aromatic N) is 1. The van der Waals surface area contributed by atoms with Gasteiger partial charge in [0.15, 0.2) is 0 Å². The van der Waals surface area contributed by atoms with Crippen LogP contribution in [0.3, 0.4) is 0 Å². The summed E-state index contributed by atoms with van der Waals surface area (Å²) >= 11 is 0. The van der Waals surface area contributed by atoms with Gasteiger partial charge in [0.05, 0.1) is 5.56 Å². The predicted octanol–water partition coefficient (Wildman–Crippen LogP) is 3.56. The van der Waals surface area contributed by atoms with Crippen molar-refractivity contribution in [1.29, 1.82) is 0 Å². The Kier molecular flexibility index (Phi) is 5.55. The number of rotatable bonds is 6. The molecule has 0 radical (unpaired) electrons. The number of carbonyl (C=O) groups is 1. The summed E-state index contributed by atoms with van der Waals surface area (Å²) in [5.41, 5.74) is 2.62. The SMILES string of the molecule is Cc1cc(C(=O)O)ccc1CN(CC(C)C)C(C)C. The molecule has 1 rings (SSSR count). The molecule has 3 heteroatoms. The van der Waals surface area contributed by atoms with Crippen LogP contribution in [0.5, 0.6) is 0 Å². The van der Waals surface area contributed by atoms with E-state index in [-0.39, 0.29) is 0 Å². The fraction of sp³-hybridized carbons (Fsp3) is 0.562. The predicted molar refractivity (Wildman–Crippen MR) is 78.5 cm³/mol. The maximum absolute atomic E-state index is 10.9. The van der Waals surface area contributed by atoms with Crippen LogP contribution in [0, 0.1) is 12.8 Å². The van der Waals surface area contributed by atoms with Crippen molar-refractivity contribution in [3.8, 4) is 0 Å². The summed E-state index contributed by atoms with van der Waals surface area (Å²) in [7, 11) is 0. The third kappa shape index (κ3) is 4.67. The van der Waals surface area contributed by atoms with Gasteiger partial charge < -0.3 is 5.11 Å². The van der Waals surface area contributed by atoms with Crippen LogP contribution in [0.2, 0.25) is 0 Å². The summed E-state index contributed by atoms with van der Waals surface area (Å²) in [6, 6.07) is 5.87. The van der Waals surface area contributed by atoms with Gasteiger partial charge in [-0.15, -0.1) is 0 Å². The van der Waals surface area contributed by atoms with Crippen LogP contribution < -0.4 is 0 Å². The molecule has 0 saturated carbocycles. The number of carboxylic acid groups (broad SMARTS) is 1. The largest absolute Gasteiger partial charge is 0.478 e. The van der Waals surface area contributed by atoms with Gasteiger partial charge in [-0.25, -0.2) is 4.79 Å². The van der Waals surface area contributed by atoms with Crippen molar-refractivity contribution in [2.24, 2.45) is 5.92 Å². The molecule has 0 spiro atoms. The highest BCUT2D eigenvalue weighted by Gasteiger charge is 2.14. The Morgan fingerprint density at radius 2 is 1.89 bits per heavy atom. The molecule has 0 unspecified atom stereocenters. The molecule has 0 bridgehead atoms. The first-order valence-electron chi connectivity index (χ1n) is 6.88. The Morgan fingerprint density at radius 3 is 2.32 bits per heavy atom. The number of carboxylic acids is 1. The number of hydrogen-bond donors (Lipinski definition) is 1. The molecule has 106 valence electrons. The minimum absolute atomic E-state index is 0.362. The first-order chi connectivity index (χ1) is 8.81. The summed E-state index contributed by atoms with van der Waals surface area (Å²) in [5.74, 6) is -0.237. The van der Waals surface area contributed by atoms with Crippen LogP contribution in [0.4, 0.5) is 0 Å². The molecule has 0 aliphatic rings. The molecule has 3 nitrogen and oxygen atoms in total. The Balaban J connectivity index is 2.88. The van der Waals surface area contributed by atoms with Gasteiger partial charge in [0.25, 0.3) is 0 Å². The van der Waals surface area contributed by atoms with Crippen molar-refractivity contribution in [2.75, 3.05) is 6.54 Å². The lowest BCUT2D eigenvalue weighted by molar-refractivity contribution is 0.0696. The number of aromatic carboxylic acids is 1. The van der Waals surface area contributed by atoms with E-state index >= 15 is 0 Å². The molecule has 1 aromatic carbocycles. The molecule has 0 saturated heterocycles. The Morgan fingerprint density at radius 1 is 1.26 bits per heavy atom. The van der Waals surface area contributed by atoms with E-state index in [1.807, 2.05) is 13.0 Å². The van der Waals surface area contributed by atoms with Crippen molar-refractivity contribution < 1.29 is 9.90 Å². The molecule has 0 aliphatic carbocycles.